The lowest BCUT2D eigenvalue weighted by Gasteiger charge is -2.26. The molecule has 88 valence electrons. The lowest BCUT2D eigenvalue weighted by Crippen LogP contribution is -2.40. The highest BCUT2D eigenvalue weighted by atomic mass is 32.2. The maximum Gasteiger partial charge on any atom is 0.305 e. The molecule has 0 spiro atoms. The van der Waals surface area contributed by atoms with Gasteiger partial charge in [0.15, 0.2) is 9.84 Å². The number of nitrogens with zero attached hydrogens (tertiary/aromatic N) is 1. The summed E-state index contributed by atoms with van der Waals surface area (Å²) in [6.07, 6.45) is 1.13. The van der Waals surface area contributed by atoms with Crippen molar-refractivity contribution in [2.24, 2.45) is 0 Å². The molecule has 1 saturated heterocycles. The first-order valence-electron chi connectivity index (χ1n) is 5.03. The SMILES string of the molecule is COC(=O)CCCN1CCS(=O)(=O)CC1. The van der Waals surface area contributed by atoms with Crippen LogP contribution in [-0.2, 0) is 19.4 Å². The Morgan fingerprint density at radius 2 is 1.93 bits per heavy atom. The van der Waals surface area contributed by atoms with Crippen LogP contribution in [-0.4, -0.2) is 57.5 Å². The molecule has 0 N–H and O–H groups in total. The first kappa shape index (κ1) is 12.4. The van der Waals surface area contributed by atoms with Crippen LogP contribution in [0.5, 0.6) is 0 Å². The summed E-state index contributed by atoms with van der Waals surface area (Å²) in [4.78, 5) is 12.9. The molecule has 1 heterocycles. The molecule has 6 heteroatoms. The monoisotopic (exact) mass is 235 g/mol. The third kappa shape index (κ3) is 4.61. The third-order valence-electron chi connectivity index (χ3n) is 2.52. The molecule has 0 saturated carbocycles. The van der Waals surface area contributed by atoms with Gasteiger partial charge in [0.2, 0.25) is 0 Å². The molecular weight excluding hydrogens is 218 g/mol. The van der Waals surface area contributed by atoms with Crippen molar-refractivity contribution in [3.8, 4) is 0 Å². The topological polar surface area (TPSA) is 63.7 Å². The van der Waals surface area contributed by atoms with Crippen LogP contribution >= 0.6 is 0 Å². The lowest BCUT2D eigenvalue weighted by atomic mass is 10.3. The van der Waals surface area contributed by atoms with Gasteiger partial charge in [-0.1, -0.05) is 0 Å². The summed E-state index contributed by atoms with van der Waals surface area (Å²) in [5, 5.41) is 0. The Morgan fingerprint density at radius 3 is 2.47 bits per heavy atom. The second kappa shape index (κ2) is 5.46. The summed E-state index contributed by atoms with van der Waals surface area (Å²) in [6.45, 7) is 1.94. The van der Waals surface area contributed by atoms with E-state index in [1.807, 2.05) is 0 Å². The summed E-state index contributed by atoms with van der Waals surface area (Å²) in [6, 6.07) is 0. The number of rotatable bonds is 4. The van der Waals surface area contributed by atoms with Gasteiger partial charge in [-0.3, -0.25) is 4.79 Å². The second-order valence-electron chi connectivity index (χ2n) is 3.67. The van der Waals surface area contributed by atoms with Crippen LogP contribution in [0.4, 0.5) is 0 Å². The highest BCUT2D eigenvalue weighted by Gasteiger charge is 2.20. The molecule has 1 rings (SSSR count). The van der Waals surface area contributed by atoms with Crippen molar-refractivity contribution in [3.63, 3.8) is 0 Å². The molecule has 0 unspecified atom stereocenters. The van der Waals surface area contributed by atoms with E-state index < -0.39 is 9.84 Å². The quantitative estimate of drug-likeness (QED) is 0.624. The van der Waals surface area contributed by atoms with Crippen LogP contribution in [0.2, 0.25) is 0 Å². The minimum atomic E-state index is -2.79. The van der Waals surface area contributed by atoms with Crippen LogP contribution < -0.4 is 0 Å². The Morgan fingerprint density at radius 1 is 1.33 bits per heavy atom. The molecular formula is C9H17NO4S. The van der Waals surface area contributed by atoms with Crippen LogP contribution in [0.1, 0.15) is 12.8 Å². The predicted octanol–water partition coefficient (Wildman–Crippen LogP) is -0.330. The Balaban J connectivity index is 2.17. The summed E-state index contributed by atoms with van der Waals surface area (Å²) >= 11 is 0. The number of ether oxygens (including phenoxy) is 1. The molecule has 1 aliphatic heterocycles. The average molecular weight is 235 g/mol. The van der Waals surface area contributed by atoms with E-state index in [4.69, 9.17) is 0 Å². The zero-order valence-electron chi connectivity index (χ0n) is 8.94. The Labute approximate surface area is 90.3 Å². The van der Waals surface area contributed by atoms with Gasteiger partial charge in [0, 0.05) is 19.5 Å². The number of hydrogen-bond acceptors (Lipinski definition) is 5. The van der Waals surface area contributed by atoms with E-state index in [0.717, 1.165) is 13.0 Å². The zero-order chi connectivity index (χ0) is 11.3. The van der Waals surface area contributed by atoms with Gasteiger partial charge in [-0.05, 0) is 13.0 Å². The fourth-order valence-electron chi connectivity index (χ4n) is 1.52. The van der Waals surface area contributed by atoms with Gasteiger partial charge in [-0.25, -0.2) is 8.42 Å². The molecule has 15 heavy (non-hydrogen) atoms. The average Bonchev–Trinajstić information content (AvgIpc) is 2.20. The number of hydrogen-bond donors (Lipinski definition) is 0. The first-order chi connectivity index (χ1) is 7.03. The van der Waals surface area contributed by atoms with Gasteiger partial charge < -0.3 is 9.64 Å². The van der Waals surface area contributed by atoms with Gasteiger partial charge in [0.1, 0.15) is 0 Å². The van der Waals surface area contributed by atoms with Crippen molar-refractivity contribution >= 4 is 15.8 Å². The smallest absolute Gasteiger partial charge is 0.305 e. The molecule has 0 amide bonds. The lowest BCUT2D eigenvalue weighted by molar-refractivity contribution is -0.140. The van der Waals surface area contributed by atoms with Crippen molar-refractivity contribution in [3.05, 3.63) is 0 Å². The van der Waals surface area contributed by atoms with Gasteiger partial charge in [0.25, 0.3) is 0 Å². The Kier molecular flexibility index (Phi) is 4.53. The second-order valence-corrected chi connectivity index (χ2v) is 5.98. The predicted molar refractivity (Wildman–Crippen MR) is 56.3 cm³/mol. The summed E-state index contributed by atoms with van der Waals surface area (Å²) in [5.41, 5.74) is 0. The first-order valence-corrected chi connectivity index (χ1v) is 6.85. The van der Waals surface area contributed by atoms with Crippen LogP contribution in [0.3, 0.4) is 0 Å². The highest BCUT2D eigenvalue weighted by Crippen LogP contribution is 2.05. The fourth-order valence-corrected chi connectivity index (χ4v) is 2.80. The summed E-state index contributed by atoms with van der Waals surface area (Å²) < 4.78 is 26.8. The Hall–Kier alpha value is -0.620. The molecule has 0 aromatic carbocycles. The summed E-state index contributed by atoms with van der Waals surface area (Å²) in [5.74, 6) is 0.274. The van der Waals surface area contributed by atoms with E-state index in [9.17, 15) is 13.2 Å². The molecule has 1 aliphatic rings. The number of sulfone groups is 1. The largest absolute Gasteiger partial charge is 0.469 e. The molecule has 0 aromatic heterocycles. The molecule has 0 aromatic rings. The van der Waals surface area contributed by atoms with Crippen LogP contribution in [0.25, 0.3) is 0 Å². The Bertz CT molecular complexity index is 298. The maximum atomic E-state index is 11.1. The van der Waals surface area contributed by atoms with Gasteiger partial charge in [0.05, 0.1) is 18.6 Å². The van der Waals surface area contributed by atoms with E-state index in [-0.39, 0.29) is 17.5 Å². The van der Waals surface area contributed by atoms with E-state index in [0.29, 0.717) is 19.5 Å². The van der Waals surface area contributed by atoms with Gasteiger partial charge >= 0.3 is 5.97 Å². The maximum absolute atomic E-state index is 11.1. The standard InChI is InChI=1S/C9H17NO4S/c1-14-9(11)3-2-4-10-5-7-15(12,13)8-6-10/h2-8H2,1H3. The summed E-state index contributed by atoms with van der Waals surface area (Å²) in [7, 11) is -1.42. The van der Waals surface area contributed by atoms with Gasteiger partial charge in [-0.15, -0.1) is 0 Å². The molecule has 0 radical (unpaired) electrons. The van der Waals surface area contributed by atoms with Crippen molar-refractivity contribution in [1.82, 2.24) is 4.90 Å². The third-order valence-corrected chi connectivity index (χ3v) is 4.13. The van der Waals surface area contributed by atoms with E-state index in [2.05, 4.69) is 9.64 Å². The molecule has 1 fully saturated rings. The molecule has 0 atom stereocenters. The highest BCUT2D eigenvalue weighted by molar-refractivity contribution is 7.91. The minimum Gasteiger partial charge on any atom is -0.469 e. The van der Waals surface area contributed by atoms with Crippen molar-refractivity contribution < 1.29 is 17.9 Å². The number of carbonyl (C=O) groups is 1. The van der Waals surface area contributed by atoms with Gasteiger partial charge in [-0.2, -0.15) is 0 Å². The van der Waals surface area contributed by atoms with E-state index in [1.54, 1.807) is 0 Å². The minimum absolute atomic E-state index is 0.209. The van der Waals surface area contributed by atoms with Crippen molar-refractivity contribution in [2.75, 3.05) is 38.2 Å². The molecule has 0 aliphatic carbocycles. The van der Waals surface area contributed by atoms with Crippen LogP contribution in [0, 0.1) is 0 Å². The number of carbonyl (C=O) groups excluding carboxylic acids is 1. The fraction of sp³-hybridized carbons (Fsp3) is 0.889. The van der Waals surface area contributed by atoms with E-state index >= 15 is 0 Å². The normalized spacial score (nSPS) is 21.1. The zero-order valence-corrected chi connectivity index (χ0v) is 9.75. The van der Waals surface area contributed by atoms with Crippen molar-refractivity contribution in [1.29, 1.82) is 0 Å². The van der Waals surface area contributed by atoms with E-state index in [1.165, 1.54) is 7.11 Å². The van der Waals surface area contributed by atoms with Crippen molar-refractivity contribution in [2.45, 2.75) is 12.8 Å². The van der Waals surface area contributed by atoms with Crippen LogP contribution in [0.15, 0.2) is 0 Å². The molecule has 0 bridgehead atoms. The number of esters is 1. The molecule has 5 nitrogen and oxygen atoms in total. The number of methoxy groups -OCH3 is 1.